The third-order valence-electron chi connectivity index (χ3n) is 2.60. The van der Waals surface area contributed by atoms with Crippen LogP contribution in [0.3, 0.4) is 0 Å². The van der Waals surface area contributed by atoms with Crippen LogP contribution >= 0.6 is 11.3 Å². The summed E-state index contributed by atoms with van der Waals surface area (Å²) < 4.78 is 5.89. The molecule has 2 rings (SSSR count). The molecule has 3 heteroatoms. The number of aryl methyl sites for hydroxylation is 1. The molecular formula is C11H17NOS. The fraction of sp³-hybridized carbons (Fsp3) is 0.636. The van der Waals surface area contributed by atoms with Crippen LogP contribution in [0.1, 0.15) is 23.5 Å². The van der Waals surface area contributed by atoms with Crippen LogP contribution in [0.4, 0.5) is 0 Å². The molecule has 1 aliphatic rings. The first-order valence-electron chi connectivity index (χ1n) is 5.13. The summed E-state index contributed by atoms with van der Waals surface area (Å²) in [6, 6.07) is 2.16. The lowest BCUT2D eigenvalue weighted by molar-refractivity contribution is 0.0534. The summed E-state index contributed by atoms with van der Waals surface area (Å²) in [5.74, 6) is 0.625. The van der Waals surface area contributed by atoms with Crippen LogP contribution in [0.5, 0.6) is 0 Å². The minimum Gasteiger partial charge on any atom is -0.371 e. The van der Waals surface area contributed by atoms with Crippen molar-refractivity contribution < 1.29 is 4.74 Å². The number of thiophene rings is 1. The highest BCUT2D eigenvalue weighted by molar-refractivity contribution is 7.10. The van der Waals surface area contributed by atoms with Crippen molar-refractivity contribution in [3.8, 4) is 0 Å². The predicted octanol–water partition coefficient (Wildman–Crippen LogP) is 2.35. The molecule has 1 aromatic rings. The van der Waals surface area contributed by atoms with Crippen LogP contribution < -0.4 is 5.32 Å². The van der Waals surface area contributed by atoms with Crippen LogP contribution in [0, 0.1) is 12.8 Å². The number of ether oxygens (including phenoxy) is 1. The van der Waals surface area contributed by atoms with E-state index in [0.717, 1.165) is 19.7 Å². The van der Waals surface area contributed by atoms with Crippen LogP contribution in [-0.4, -0.2) is 19.7 Å². The first-order chi connectivity index (χ1) is 6.77. The molecule has 0 aromatic carbocycles. The van der Waals surface area contributed by atoms with Crippen molar-refractivity contribution in [1.29, 1.82) is 0 Å². The van der Waals surface area contributed by atoms with Crippen LogP contribution in [0.15, 0.2) is 11.4 Å². The van der Waals surface area contributed by atoms with Gasteiger partial charge in [0.15, 0.2) is 0 Å². The average Bonchev–Trinajstić information content (AvgIpc) is 2.46. The van der Waals surface area contributed by atoms with E-state index in [2.05, 4.69) is 30.6 Å². The van der Waals surface area contributed by atoms with Gasteiger partial charge >= 0.3 is 0 Å². The normalized spacial score (nSPS) is 28.7. The van der Waals surface area contributed by atoms with Gasteiger partial charge in [0, 0.05) is 18.0 Å². The highest BCUT2D eigenvalue weighted by atomic mass is 32.1. The molecule has 14 heavy (non-hydrogen) atoms. The zero-order valence-electron chi connectivity index (χ0n) is 8.75. The third-order valence-corrected chi connectivity index (χ3v) is 3.71. The standard InChI is InChI=1S/C11H17NOS/c1-8-5-12-6-10(13-7-8)11-9(2)3-4-14-11/h3-4,8,10,12H,5-7H2,1-2H3. The van der Waals surface area contributed by atoms with Gasteiger partial charge in [0.05, 0.1) is 6.61 Å². The Hall–Kier alpha value is -0.380. The number of nitrogens with one attached hydrogen (secondary N) is 1. The van der Waals surface area contributed by atoms with Crippen molar-refractivity contribution in [3.05, 3.63) is 21.9 Å². The highest BCUT2D eigenvalue weighted by Crippen LogP contribution is 2.27. The van der Waals surface area contributed by atoms with Crippen molar-refractivity contribution in [2.24, 2.45) is 5.92 Å². The molecule has 0 bridgehead atoms. The Morgan fingerprint density at radius 1 is 1.50 bits per heavy atom. The molecule has 1 saturated heterocycles. The van der Waals surface area contributed by atoms with E-state index in [1.807, 2.05) is 0 Å². The van der Waals surface area contributed by atoms with Crippen molar-refractivity contribution in [2.45, 2.75) is 20.0 Å². The molecule has 2 heterocycles. The second-order valence-electron chi connectivity index (χ2n) is 4.05. The first kappa shape index (κ1) is 10.1. The van der Waals surface area contributed by atoms with E-state index in [9.17, 15) is 0 Å². The Bertz CT molecular complexity index is 297. The Kier molecular flexibility index (Phi) is 3.21. The summed E-state index contributed by atoms with van der Waals surface area (Å²) in [6.45, 7) is 7.27. The molecule has 0 saturated carbocycles. The fourth-order valence-electron chi connectivity index (χ4n) is 1.74. The molecule has 2 unspecified atom stereocenters. The summed E-state index contributed by atoms with van der Waals surface area (Å²) in [7, 11) is 0. The number of rotatable bonds is 1. The maximum absolute atomic E-state index is 5.89. The van der Waals surface area contributed by atoms with E-state index in [1.54, 1.807) is 11.3 Å². The van der Waals surface area contributed by atoms with Crippen LogP contribution in [0.2, 0.25) is 0 Å². The van der Waals surface area contributed by atoms with Gasteiger partial charge in [0.25, 0.3) is 0 Å². The van der Waals surface area contributed by atoms with E-state index in [4.69, 9.17) is 4.74 Å². The third kappa shape index (κ3) is 2.16. The van der Waals surface area contributed by atoms with Gasteiger partial charge in [-0.25, -0.2) is 0 Å². The van der Waals surface area contributed by atoms with Gasteiger partial charge in [-0.15, -0.1) is 11.3 Å². The zero-order chi connectivity index (χ0) is 9.97. The molecule has 78 valence electrons. The molecule has 1 aliphatic heterocycles. The highest BCUT2D eigenvalue weighted by Gasteiger charge is 2.19. The summed E-state index contributed by atoms with van der Waals surface area (Å²) in [5, 5.41) is 5.59. The Labute approximate surface area is 89.3 Å². The summed E-state index contributed by atoms with van der Waals surface area (Å²) in [4.78, 5) is 1.38. The number of hydrogen-bond acceptors (Lipinski definition) is 3. The lowest BCUT2D eigenvalue weighted by atomic mass is 10.2. The van der Waals surface area contributed by atoms with Gasteiger partial charge in [-0.1, -0.05) is 6.92 Å². The molecule has 2 atom stereocenters. The summed E-state index contributed by atoms with van der Waals surface area (Å²) in [5.41, 5.74) is 1.36. The molecule has 0 aliphatic carbocycles. The monoisotopic (exact) mass is 211 g/mol. The van der Waals surface area contributed by atoms with Crippen LogP contribution in [0.25, 0.3) is 0 Å². The average molecular weight is 211 g/mol. The smallest absolute Gasteiger partial charge is 0.104 e. The topological polar surface area (TPSA) is 21.3 Å². The molecule has 1 N–H and O–H groups in total. The first-order valence-corrected chi connectivity index (χ1v) is 6.01. The molecule has 1 aromatic heterocycles. The largest absolute Gasteiger partial charge is 0.371 e. The molecule has 0 amide bonds. The van der Waals surface area contributed by atoms with Gasteiger partial charge in [0.2, 0.25) is 0 Å². The van der Waals surface area contributed by atoms with Gasteiger partial charge in [-0.3, -0.25) is 0 Å². The summed E-state index contributed by atoms with van der Waals surface area (Å²) in [6.07, 6.45) is 0.264. The second kappa shape index (κ2) is 4.43. The van der Waals surface area contributed by atoms with Gasteiger partial charge in [-0.05, 0) is 29.9 Å². The lowest BCUT2D eigenvalue weighted by Gasteiger charge is -2.14. The van der Waals surface area contributed by atoms with E-state index in [-0.39, 0.29) is 6.10 Å². The summed E-state index contributed by atoms with van der Waals surface area (Å²) >= 11 is 1.80. The predicted molar refractivity (Wildman–Crippen MR) is 59.8 cm³/mol. The Balaban J connectivity index is 2.08. The molecule has 0 spiro atoms. The SMILES string of the molecule is Cc1ccsc1C1CNCC(C)CO1. The second-order valence-corrected chi connectivity index (χ2v) is 5.00. The van der Waals surface area contributed by atoms with Crippen molar-refractivity contribution in [2.75, 3.05) is 19.7 Å². The Morgan fingerprint density at radius 2 is 2.36 bits per heavy atom. The van der Waals surface area contributed by atoms with Crippen molar-refractivity contribution in [1.82, 2.24) is 5.32 Å². The van der Waals surface area contributed by atoms with Crippen molar-refractivity contribution in [3.63, 3.8) is 0 Å². The van der Waals surface area contributed by atoms with E-state index < -0.39 is 0 Å². The van der Waals surface area contributed by atoms with Gasteiger partial charge in [-0.2, -0.15) is 0 Å². The van der Waals surface area contributed by atoms with E-state index in [1.165, 1.54) is 10.4 Å². The minimum absolute atomic E-state index is 0.264. The zero-order valence-corrected chi connectivity index (χ0v) is 9.56. The maximum Gasteiger partial charge on any atom is 0.104 e. The Morgan fingerprint density at radius 3 is 3.07 bits per heavy atom. The molecule has 2 nitrogen and oxygen atoms in total. The molecular weight excluding hydrogens is 194 g/mol. The van der Waals surface area contributed by atoms with Gasteiger partial charge < -0.3 is 10.1 Å². The minimum atomic E-state index is 0.264. The van der Waals surface area contributed by atoms with Crippen molar-refractivity contribution >= 4 is 11.3 Å². The van der Waals surface area contributed by atoms with E-state index >= 15 is 0 Å². The maximum atomic E-state index is 5.89. The van der Waals surface area contributed by atoms with E-state index in [0.29, 0.717) is 5.92 Å². The lowest BCUT2D eigenvalue weighted by Crippen LogP contribution is -2.22. The fourth-order valence-corrected chi connectivity index (χ4v) is 2.72. The van der Waals surface area contributed by atoms with Crippen LogP contribution in [-0.2, 0) is 4.74 Å². The van der Waals surface area contributed by atoms with Gasteiger partial charge in [0.1, 0.15) is 6.10 Å². The molecule has 1 fully saturated rings. The quantitative estimate of drug-likeness (QED) is 0.770. The number of hydrogen-bond donors (Lipinski definition) is 1. The molecule has 0 radical (unpaired) electrons.